The van der Waals surface area contributed by atoms with Gasteiger partial charge in [-0.3, -0.25) is 9.69 Å². The summed E-state index contributed by atoms with van der Waals surface area (Å²) in [4.78, 5) is 20.8. The van der Waals surface area contributed by atoms with E-state index in [2.05, 4.69) is 47.3 Å². The Labute approximate surface area is 201 Å². The van der Waals surface area contributed by atoms with Crippen LogP contribution in [-0.4, -0.2) is 61.4 Å². The summed E-state index contributed by atoms with van der Waals surface area (Å²) in [6, 6.07) is 15.6. The number of rotatable bonds is 6. The zero-order valence-corrected chi connectivity index (χ0v) is 20.4. The first-order valence-corrected chi connectivity index (χ1v) is 13.9. The third-order valence-corrected chi connectivity index (χ3v) is 8.81. The predicted molar refractivity (Wildman–Crippen MR) is 138 cm³/mol. The van der Waals surface area contributed by atoms with Gasteiger partial charge in [0.1, 0.15) is 0 Å². The van der Waals surface area contributed by atoms with Crippen molar-refractivity contribution in [2.75, 3.05) is 36.0 Å². The first-order valence-electron chi connectivity index (χ1n) is 12.0. The first-order chi connectivity index (χ1) is 16.4. The fourth-order valence-electron chi connectivity index (χ4n) is 5.27. The Morgan fingerprint density at radius 1 is 1.15 bits per heavy atom. The number of fused-ring (bicyclic) bond motifs is 1. The number of anilines is 1. The van der Waals surface area contributed by atoms with E-state index in [4.69, 9.17) is 0 Å². The SMILES string of the molecule is CCc1cccc2c(C3=CCN(CC(=O)N(c4ccccc4)C4CCS(=O)(=O)C4)CC3)c[nH]c12. The average molecular weight is 478 g/mol. The van der Waals surface area contributed by atoms with Crippen molar-refractivity contribution in [1.29, 1.82) is 0 Å². The number of aromatic amines is 1. The van der Waals surface area contributed by atoms with Crippen molar-refractivity contribution in [2.24, 2.45) is 0 Å². The summed E-state index contributed by atoms with van der Waals surface area (Å²) in [6.07, 6.45) is 6.69. The number of aryl methyl sites for hydroxylation is 1. The van der Waals surface area contributed by atoms with Gasteiger partial charge in [-0.25, -0.2) is 8.42 Å². The van der Waals surface area contributed by atoms with E-state index in [0.717, 1.165) is 25.1 Å². The summed E-state index contributed by atoms with van der Waals surface area (Å²) in [6.45, 7) is 3.95. The van der Waals surface area contributed by atoms with E-state index < -0.39 is 9.84 Å². The molecule has 7 heteroatoms. The van der Waals surface area contributed by atoms with Gasteiger partial charge < -0.3 is 9.88 Å². The maximum atomic E-state index is 13.4. The minimum atomic E-state index is -3.09. The smallest absolute Gasteiger partial charge is 0.241 e. The third kappa shape index (κ3) is 4.55. The minimum absolute atomic E-state index is 0.0372. The lowest BCUT2D eigenvalue weighted by Gasteiger charge is -2.32. The molecule has 2 aliphatic rings. The Morgan fingerprint density at radius 3 is 2.65 bits per heavy atom. The molecule has 3 aromatic rings. The molecule has 34 heavy (non-hydrogen) atoms. The first kappa shape index (κ1) is 22.9. The number of benzene rings is 2. The highest BCUT2D eigenvalue weighted by atomic mass is 32.2. The highest BCUT2D eigenvalue weighted by Crippen LogP contribution is 2.31. The largest absolute Gasteiger partial charge is 0.360 e. The summed E-state index contributed by atoms with van der Waals surface area (Å²) in [7, 11) is -3.09. The van der Waals surface area contributed by atoms with Crippen LogP contribution in [0.15, 0.2) is 60.8 Å². The van der Waals surface area contributed by atoms with Crippen molar-refractivity contribution >= 4 is 37.9 Å². The Hall–Kier alpha value is -2.90. The molecular weight excluding hydrogens is 446 g/mol. The molecule has 1 aromatic heterocycles. The van der Waals surface area contributed by atoms with Gasteiger partial charge in [-0.05, 0) is 42.5 Å². The van der Waals surface area contributed by atoms with Gasteiger partial charge in [-0.1, -0.05) is 49.4 Å². The molecular formula is C27H31N3O3S. The number of nitrogens with zero attached hydrogens (tertiary/aromatic N) is 2. The van der Waals surface area contributed by atoms with Crippen molar-refractivity contribution < 1.29 is 13.2 Å². The molecule has 2 aliphatic heterocycles. The van der Waals surface area contributed by atoms with Crippen molar-refractivity contribution in [3.8, 4) is 0 Å². The highest BCUT2D eigenvalue weighted by molar-refractivity contribution is 7.91. The van der Waals surface area contributed by atoms with Gasteiger partial charge >= 0.3 is 0 Å². The second-order valence-corrected chi connectivity index (χ2v) is 11.5. The maximum Gasteiger partial charge on any atom is 0.241 e. The fourth-order valence-corrected chi connectivity index (χ4v) is 6.97. The quantitative estimate of drug-likeness (QED) is 0.582. The van der Waals surface area contributed by atoms with Crippen LogP contribution in [0, 0.1) is 0 Å². The van der Waals surface area contributed by atoms with E-state index in [9.17, 15) is 13.2 Å². The molecule has 1 amide bonds. The van der Waals surface area contributed by atoms with E-state index in [-0.39, 0.29) is 30.0 Å². The number of H-pyrrole nitrogens is 1. The number of carbonyl (C=O) groups excluding carboxylic acids is 1. The molecule has 1 atom stereocenters. The Balaban J connectivity index is 1.32. The number of amides is 1. The van der Waals surface area contributed by atoms with E-state index in [1.807, 2.05) is 30.3 Å². The summed E-state index contributed by atoms with van der Waals surface area (Å²) >= 11 is 0. The fraction of sp³-hybridized carbons (Fsp3) is 0.370. The Bertz CT molecular complexity index is 1330. The summed E-state index contributed by atoms with van der Waals surface area (Å²) in [5.41, 5.74) is 5.86. The molecule has 1 saturated heterocycles. The zero-order chi connectivity index (χ0) is 23.7. The van der Waals surface area contributed by atoms with Gasteiger partial charge in [0, 0.05) is 41.4 Å². The zero-order valence-electron chi connectivity index (χ0n) is 19.5. The molecule has 1 unspecified atom stereocenters. The van der Waals surface area contributed by atoms with Crippen LogP contribution in [0.25, 0.3) is 16.5 Å². The van der Waals surface area contributed by atoms with Crippen LogP contribution in [0.1, 0.15) is 30.9 Å². The van der Waals surface area contributed by atoms with Crippen LogP contribution in [0.3, 0.4) is 0 Å². The van der Waals surface area contributed by atoms with Crippen molar-refractivity contribution in [3.05, 3.63) is 71.9 Å². The number of aromatic nitrogens is 1. The molecule has 0 bridgehead atoms. The normalized spacial score (nSPS) is 20.4. The second-order valence-electron chi connectivity index (χ2n) is 9.27. The number of nitrogens with one attached hydrogen (secondary N) is 1. The molecule has 0 saturated carbocycles. The standard InChI is InChI=1S/C27H31N3O3S/c1-2-20-7-6-10-24-25(17-28-27(20)24)21-11-14-29(15-12-21)18-26(31)30(22-8-4-3-5-9-22)23-13-16-34(32,33)19-23/h3-11,17,23,28H,2,12-16,18-19H2,1H3. The van der Waals surface area contributed by atoms with Crippen LogP contribution in [-0.2, 0) is 21.1 Å². The van der Waals surface area contributed by atoms with Crippen molar-refractivity contribution in [3.63, 3.8) is 0 Å². The molecule has 6 nitrogen and oxygen atoms in total. The van der Waals surface area contributed by atoms with Crippen LogP contribution in [0.4, 0.5) is 5.69 Å². The molecule has 3 heterocycles. The number of hydrogen-bond donors (Lipinski definition) is 1. The summed E-state index contributed by atoms with van der Waals surface area (Å²) in [5.74, 6) is 0.150. The molecule has 178 valence electrons. The predicted octanol–water partition coefficient (Wildman–Crippen LogP) is 4.04. The third-order valence-electron chi connectivity index (χ3n) is 7.06. The minimum Gasteiger partial charge on any atom is -0.360 e. The van der Waals surface area contributed by atoms with Gasteiger partial charge in [-0.15, -0.1) is 0 Å². The van der Waals surface area contributed by atoms with E-state index in [0.29, 0.717) is 13.0 Å². The van der Waals surface area contributed by atoms with Crippen LogP contribution >= 0.6 is 0 Å². The lowest BCUT2D eigenvalue weighted by Crippen LogP contribution is -2.47. The number of carbonyl (C=O) groups is 1. The monoisotopic (exact) mass is 477 g/mol. The van der Waals surface area contributed by atoms with Gasteiger partial charge in [0.2, 0.25) is 5.91 Å². The average Bonchev–Trinajstić information content (AvgIpc) is 3.43. The van der Waals surface area contributed by atoms with Crippen LogP contribution in [0.2, 0.25) is 0 Å². The number of para-hydroxylation sites is 2. The summed E-state index contributed by atoms with van der Waals surface area (Å²) in [5, 5.41) is 1.26. The van der Waals surface area contributed by atoms with Gasteiger partial charge in [-0.2, -0.15) is 0 Å². The van der Waals surface area contributed by atoms with E-state index in [1.54, 1.807) is 4.90 Å². The molecule has 0 spiro atoms. The van der Waals surface area contributed by atoms with Crippen molar-refractivity contribution in [1.82, 2.24) is 9.88 Å². The lowest BCUT2D eigenvalue weighted by atomic mass is 9.97. The van der Waals surface area contributed by atoms with E-state index >= 15 is 0 Å². The molecule has 5 rings (SSSR count). The Kier molecular flexibility index (Phi) is 6.32. The molecule has 1 fully saturated rings. The topological polar surface area (TPSA) is 73.5 Å². The Morgan fingerprint density at radius 2 is 1.97 bits per heavy atom. The lowest BCUT2D eigenvalue weighted by molar-refractivity contribution is -0.120. The maximum absolute atomic E-state index is 13.4. The van der Waals surface area contributed by atoms with E-state index in [1.165, 1.54) is 27.6 Å². The van der Waals surface area contributed by atoms with Crippen LogP contribution < -0.4 is 4.90 Å². The molecule has 2 aromatic carbocycles. The van der Waals surface area contributed by atoms with Crippen LogP contribution in [0.5, 0.6) is 0 Å². The van der Waals surface area contributed by atoms with Gasteiger partial charge in [0.25, 0.3) is 0 Å². The van der Waals surface area contributed by atoms with Crippen molar-refractivity contribution in [2.45, 2.75) is 32.2 Å². The molecule has 0 radical (unpaired) electrons. The molecule has 0 aliphatic carbocycles. The van der Waals surface area contributed by atoms with Gasteiger partial charge in [0.05, 0.1) is 24.1 Å². The number of hydrogen-bond acceptors (Lipinski definition) is 4. The van der Waals surface area contributed by atoms with Gasteiger partial charge in [0.15, 0.2) is 9.84 Å². The molecule has 1 N–H and O–H groups in total. The number of sulfone groups is 1. The second kappa shape index (κ2) is 9.39. The summed E-state index contributed by atoms with van der Waals surface area (Å²) < 4.78 is 24.2. The highest BCUT2D eigenvalue weighted by Gasteiger charge is 2.36.